The van der Waals surface area contributed by atoms with Crippen LogP contribution in [0.2, 0.25) is 0 Å². The van der Waals surface area contributed by atoms with Crippen LogP contribution in [0.5, 0.6) is 5.75 Å². The molecule has 1 amide bonds. The van der Waals surface area contributed by atoms with Crippen molar-refractivity contribution in [3.8, 4) is 16.2 Å². The van der Waals surface area contributed by atoms with Crippen molar-refractivity contribution >= 4 is 22.9 Å². The van der Waals surface area contributed by atoms with E-state index in [4.69, 9.17) is 4.74 Å². The summed E-state index contributed by atoms with van der Waals surface area (Å²) in [5, 5.41) is 11.3. The number of pyridine rings is 1. The van der Waals surface area contributed by atoms with Gasteiger partial charge in [0.05, 0.1) is 6.54 Å². The van der Waals surface area contributed by atoms with Crippen LogP contribution in [0.25, 0.3) is 16.1 Å². The van der Waals surface area contributed by atoms with Crippen LogP contribution in [-0.4, -0.2) is 20.5 Å². The molecule has 158 valence electrons. The number of fused-ring (bicyclic) bond motifs is 1. The van der Waals surface area contributed by atoms with Gasteiger partial charge in [0.2, 0.25) is 0 Å². The topological polar surface area (TPSA) is 68.5 Å². The van der Waals surface area contributed by atoms with E-state index in [9.17, 15) is 4.79 Å². The van der Waals surface area contributed by atoms with E-state index in [1.165, 1.54) is 11.3 Å². The SMILES string of the molecule is O=C(NCc1nnc2ccccn12)c1sc(-c2ccccc2)cc1OCc1ccccc1. The maximum Gasteiger partial charge on any atom is 0.265 e. The van der Waals surface area contributed by atoms with Crippen molar-refractivity contribution in [2.45, 2.75) is 13.2 Å². The van der Waals surface area contributed by atoms with Crippen molar-refractivity contribution in [1.82, 2.24) is 19.9 Å². The highest BCUT2D eigenvalue weighted by Crippen LogP contribution is 2.36. The molecule has 2 aromatic carbocycles. The maximum atomic E-state index is 13.1. The Balaban J connectivity index is 1.39. The highest BCUT2D eigenvalue weighted by molar-refractivity contribution is 7.17. The van der Waals surface area contributed by atoms with Gasteiger partial charge in [-0.05, 0) is 29.3 Å². The second-order valence-electron chi connectivity index (χ2n) is 7.17. The zero-order chi connectivity index (χ0) is 21.8. The van der Waals surface area contributed by atoms with E-state index in [1.807, 2.05) is 95.5 Å². The molecule has 3 aromatic heterocycles. The van der Waals surface area contributed by atoms with Crippen molar-refractivity contribution in [2.75, 3.05) is 0 Å². The van der Waals surface area contributed by atoms with Gasteiger partial charge in [-0.2, -0.15) is 0 Å². The third-order valence-corrected chi connectivity index (χ3v) is 6.16. The van der Waals surface area contributed by atoms with Gasteiger partial charge in [0.1, 0.15) is 17.2 Å². The molecule has 1 N–H and O–H groups in total. The molecule has 6 nitrogen and oxygen atoms in total. The minimum Gasteiger partial charge on any atom is -0.487 e. The lowest BCUT2D eigenvalue weighted by Crippen LogP contribution is -2.23. The number of carbonyl (C=O) groups is 1. The first-order valence-corrected chi connectivity index (χ1v) is 11.0. The third-order valence-electron chi connectivity index (χ3n) is 4.99. The Morgan fingerprint density at radius 1 is 0.938 bits per heavy atom. The maximum absolute atomic E-state index is 13.1. The first-order chi connectivity index (χ1) is 15.8. The number of nitrogens with zero attached hydrogens (tertiary/aromatic N) is 3. The molecule has 0 saturated heterocycles. The molecule has 0 saturated carbocycles. The molecular weight excluding hydrogens is 420 g/mol. The number of hydrogen-bond donors (Lipinski definition) is 1. The molecule has 0 aliphatic heterocycles. The van der Waals surface area contributed by atoms with E-state index in [2.05, 4.69) is 15.5 Å². The number of carbonyl (C=O) groups excluding carboxylic acids is 1. The minimum absolute atomic E-state index is 0.201. The Bertz CT molecular complexity index is 1350. The number of thiophene rings is 1. The number of nitrogens with one attached hydrogen (secondary N) is 1. The molecule has 7 heteroatoms. The lowest BCUT2D eigenvalue weighted by atomic mass is 10.2. The van der Waals surface area contributed by atoms with Gasteiger partial charge >= 0.3 is 0 Å². The lowest BCUT2D eigenvalue weighted by molar-refractivity contribution is 0.0950. The monoisotopic (exact) mass is 440 g/mol. The second-order valence-corrected chi connectivity index (χ2v) is 8.22. The number of amides is 1. The fourth-order valence-corrected chi connectivity index (χ4v) is 4.39. The smallest absolute Gasteiger partial charge is 0.265 e. The summed E-state index contributed by atoms with van der Waals surface area (Å²) in [6, 6.07) is 27.5. The van der Waals surface area contributed by atoms with Crippen molar-refractivity contribution in [3.63, 3.8) is 0 Å². The van der Waals surface area contributed by atoms with Crippen LogP contribution in [0.4, 0.5) is 0 Å². The summed E-state index contributed by atoms with van der Waals surface area (Å²) in [4.78, 5) is 14.6. The normalized spacial score (nSPS) is 10.9. The second kappa shape index (κ2) is 9.03. The van der Waals surface area contributed by atoms with E-state index >= 15 is 0 Å². The molecule has 0 spiro atoms. The van der Waals surface area contributed by atoms with Crippen LogP contribution in [-0.2, 0) is 13.2 Å². The Morgan fingerprint density at radius 2 is 1.69 bits per heavy atom. The van der Waals surface area contributed by atoms with Crippen LogP contribution >= 0.6 is 11.3 Å². The zero-order valence-corrected chi connectivity index (χ0v) is 18.0. The highest BCUT2D eigenvalue weighted by Gasteiger charge is 2.19. The zero-order valence-electron chi connectivity index (χ0n) is 17.1. The molecule has 0 aliphatic rings. The van der Waals surface area contributed by atoms with Crippen molar-refractivity contribution in [1.29, 1.82) is 0 Å². The van der Waals surface area contributed by atoms with E-state index in [1.54, 1.807) is 0 Å². The average Bonchev–Trinajstić information content (AvgIpc) is 3.47. The van der Waals surface area contributed by atoms with Crippen LogP contribution in [0.3, 0.4) is 0 Å². The standard InChI is InChI=1S/C25H20N4O2S/c30-25(26-16-23-28-27-22-13-7-8-14-29(22)23)24-20(31-17-18-9-3-1-4-10-18)15-21(32-24)19-11-5-2-6-12-19/h1-15H,16-17H2,(H,26,30). The molecule has 0 bridgehead atoms. The van der Waals surface area contributed by atoms with Gasteiger partial charge in [-0.25, -0.2) is 0 Å². The lowest BCUT2D eigenvalue weighted by Gasteiger charge is -2.08. The Hall–Kier alpha value is -3.97. The summed E-state index contributed by atoms with van der Waals surface area (Å²) in [5.74, 6) is 1.04. The van der Waals surface area contributed by atoms with E-state index in [0.29, 0.717) is 23.1 Å². The van der Waals surface area contributed by atoms with E-state index in [0.717, 1.165) is 21.7 Å². The Morgan fingerprint density at radius 3 is 2.50 bits per heavy atom. The third kappa shape index (κ3) is 4.24. The quantitative estimate of drug-likeness (QED) is 0.388. The predicted octanol–water partition coefficient (Wildman–Crippen LogP) is 4.97. The Kier molecular flexibility index (Phi) is 5.63. The predicted molar refractivity (Wildman–Crippen MR) is 125 cm³/mol. The molecular formula is C25H20N4O2S. The Labute approximate surface area is 189 Å². The molecule has 5 rings (SSSR count). The fraction of sp³-hybridized carbons (Fsp3) is 0.0800. The summed E-state index contributed by atoms with van der Waals surface area (Å²) in [5.41, 5.74) is 2.83. The summed E-state index contributed by atoms with van der Waals surface area (Å²) >= 11 is 1.42. The van der Waals surface area contributed by atoms with Crippen LogP contribution in [0.15, 0.2) is 91.1 Å². The van der Waals surface area contributed by atoms with Gasteiger partial charge in [-0.3, -0.25) is 9.20 Å². The van der Waals surface area contributed by atoms with Crippen molar-refractivity contribution < 1.29 is 9.53 Å². The van der Waals surface area contributed by atoms with Crippen LogP contribution in [0, 0.1) is 0 Å². The number of ether oxygens (including phenoxy) is 1. The average molecular weight is 441 g/mol. The molecule has 0 atom stereocenters. The van der Waals surface area contributed by atoms with Gasteiger partial charge < -0.3 is 10.1 Å². The van der Waals surface area contributed by atoms with Crippen molar-refractivity contribution in [2.24, 2.45) is 0 Å². The summed E-state index contributed by atoms with van der Waals surface area (Å²) in [6.07, 6.45) is 1.88. The fourth-order valence-electron chi connectivity index (χ4n) is 3.37. The summed E-state index contributed by atoms with van der Waals surface area (Å²) < 4.78 is 7.93. The van der Waals surface area contributed by atoms with Gasteiger partial charge in [0, 0.05) is 11.1 Å². The van der Waals surface area contributed by atoms with Gasteiger partial charge in [-0.1, -0.05) is 66.7 Å². The number of hydrogen-bond acceptors (Lipinski definition) is 5. The first-order valence-electron chi connectivity index (χ1n) is 10.2. The molecule has 5 aromatic rings. The molecule has 3 heterocycles. The molecule has 32 heavy (non-hydrogen) atoms. The first kappa shape index (κ1) is 20.0. The minimum atomic E-state index is -0.201. The van der Waals surface area contributed by atoms with Gasteiger partial charge in [0.15, 0.2) is 11.5 Å². The number of rotatable bonds is 7. The largest absolute Gasteiger partial charge is 0.487 e. The molecule has 0 fully saturated rings. The van der Waals surface area contributed by atoms with Gasteiger partial charge in [-0.15, -0.1) is 21.5 Å². The van der Waals surface area contributed by atoms with E-state index < -0.39 is 0 Å². The summed E-state index contributed by atoms with van der Waals surface area (Å²) in [7, 11) is 0. The highest BCUT2D eigenvalue weighted by atomic mass is 32.1. The number of benzene rings is 2. The summed E-state index contributed by atoms with van der Waals surface area (Å²) in [6.45, 7) is 0.654. The number of aromatic nitrogens is 3. The van der Waals surface area contributed by atoms with E-state index in [-0.39, 0.29) is 12.5 Å². The van der Waals surface area contributed by atoms with Crippen LogP contribution < -0.4 is 10.1 Å². The molecule has 0 aliphatic carbocycles. The van der Waals surface area contributed by atoms with Crippen LogP contribution in [0.1, 0.15) is 21.1 Å². The molecule has 0 unspecified atom stereocenters. The van der Waals surface area contributed by atoms with Gasteiger partial charge in [0.25, 0.3) is 5.91 Å². The van der Waals surface area contributed by atoms with Crippen molar-refractivity contribution in [3.05, 3.63) is 107 Å². The molecule has 0 radical (unpaired) electrons.